The Hall–Kier alpha value is -2.63. The number of rotatable bonds is 5. The molecule has 1 rings (SSSR count). The van der Waals surface area contributed by atoms with Gasteiger partial charge in [0.05, 0.1) is 18.4 Å². The van der Waals surface area contributed by atoms with Gasteiger partial charge in [0.25, 0.3) is 5.91 Å². The van der Waals surface area contributed by atoms with Gasteiger partial charge in [-0.2, -0.15) is 0 Å². The predicted octanol–water partition coefficient (Wildman–Crippen LogP) is 1.53. The van der Waals surface area contributed by atoms with E-state index in [0.717, 1.165) is 0 Å². The van der Waals surface area contributed by atoms with Crippen molar-refractivity contribution in [2.75, 3.05) is 19.0 Å². The Balaban J connectivity index is 2.67. The highest BCUT2D eigenvalue weighted by atomic mass is 16.5. The minimum Gasteiger partial charge on any atom is -0.465 e. The number of hydrogen-bond acceptors (Lipinski definition) is 5. The summed E-state index contributed by atoms with van der Waals surface area (Å²) >= 11 is 0. The summed E-state index contributed by atoms with van der Waals surface area (Å²) in [5, 5.41) is 2.48. The highest BCUT2D eigenvalue weighted by Gasteiger charge is 2.13. The van der Waals surface area contributed by atoms with Gasteiger partial charge in [-0.25, -0.2) is 9.59 Å². The van der Waals surface area contributed by atoms with E-state index in [4.69, 9.17) is 0 Å². The normalized spacial score (nSPS) is 10.1. The molecule has 0 fully saturated rings. The van der Waals surface area contributed by atoms with E-state index < -0.39 is 24.5 Å². The van der Waals surface area contributed by atoms with Crippen molar-refractivity contribution < 1.29 is 23.9 Å². The number of benzene rings is 1. The molecule has 0 saturated carbocycles. The minimum atomic E-state index is -0.607. The molecule has 1 aromatic rings. The molecule has 6 nitrogen and oxygen atoms in total. The summed E-state index contributed by atoms with van der Waals surface area (Å²) in [4.78, 5) is 34.2. The van der Waals surface area contributed by atoms with Crippen LogP contribution in [0.1, 0.15) is 17.3 Å². The molecular weight excluding hydrogens is 262 g/mol. The Morgan fingerprint density at radius 2 is 1.95 bits per heavy atom. The second-order valence-corrected chi connectivity index (χ2v) is 3.69. The zero-order valence-corrected chi connectivity index (χ0v) is 11.2. The molecule has 0 aliphatic carbocycles. The standard InChI is InChI=1S/C14H15NO5/c1-3-6-13(17)20-9-12(16)15-11-8-5-4-7-10(11)14(18)19-2/h3-8H,9H2,1-2H3,(H,15,16)/b6-3+. The number of nitrogens with one attached hydrogen (secondary N) is 1. The van der Waals surface area contributed by atoms with Gasteiger partial charge in [0.15, 0.2) is 6.61 Å². The molecule has 6 heteroatoms. The third-order valence-corrected chi connectivity index (χ3v) is 2.25. The third-order valence-electron chi connectivity index (χ3n) is 2.25. The molecule has 0 bridgehead atoms. The molecule has 0 aliphatic rings. The molecule has 0 aromatic heterocycles. The van der Waals surface area contributed by atoms with E-state index >= 15 is 0 Å². The van der Waals surface area contributed by atoms with E-state index in [-0.39, 0.29) is 5.56 Å². The summed E-state index contributed by atoms with van der Waals surface area (Å²) in [5.41, 5.74) is 0.523. The van der Waals surface area contributed by atoms with Crippen molar-refractivity contribution >= 4 is 23.5 Å². The van der Waals surface area contributed by atoms with Gasteiger partial charge in [0.1, 0.15) is 0 Å². The Labute approximate surface area is 116 Å². The van der Waals surface area contributed by atoms with Crippen LogP contribution in [0.2, 0.25) is 0 Å². The summed E-state index contributed by atoms with van der Waals surface area (Å²) in [6.07, 6.45) is 2.71. The van der Waals surface area contributed by atoms with Gasteiger partial charge in [-0.05, 0) is 19.1 Å². The number of carbonyl (C=O) groups is 3. The van der Waals surface area contributed by atoms with Crippen LogP contribution in [0.4, 0.5) is 5.69 Å². The highest BCUT2D eigenvalue weighted by Crippen LogP contribution is 2.15. The average molecular weight is 277 g/mol. The molecule has 1 N–H and O–H groups in total. The van der Waals surface area contributed by atoms with E-state index in [1.807, 2.05) is 0 Å². The largest absolute Gasteiger partial charge is 0.465 e. The molecule has 0 unspecified atom stereocenters. The van der Waals surface area contributed by atoms with Gasteiger partial charge in [0.2, 0.25) is 0 Å². The highest BCUT2D eigenvalue weighted by molar-refractivity contribution is 6.02. The molecule has 1 amide bonds. The molecule has 1 aromatic carbocycles. The molecule has 0 radical (unpaired) electrons. The maximum absolute atomic E-state index is 11.6. The maximum Gasteiger partial charge on any atom is 0.339 e. The second-order valence-electron chi connectivity index (χ2n) is 3.69. The number of hydrogen-bond donors (Lipinski definition) is 1. The van der Waals surface area contributed by atoms with E-state index in [9.17, 15) is 14.4 Å². The van der Waals surface area contributed by atoms with Crippen LogP contribution in [0.25, 0.3) is 0 Å². The number of carbonyl (C=O) groups excluding carboxylic acids is 3. The molecule has 0 spiro atoms. The number of allylic oxidation sites excluding steroid dienone is 1. The van der Waals surface area contributed by atoms with Crippen molar-refractivity contribution in [1.82, 2.24) is 0 Å². The first-order chi connectivity index (χ1) is 9.58. The van der Waals surface area contributed by atoms with Gasteiger partial charge in [-0.3, -0.25) is 4.79 Å². The Morgan fingerprint density at radius 1 is 1.25 bits per heavy atom. The summed E-state index contributed by atoms with van der Waals surface area (Å²) in [7, 11) is 1.25. The van der Waals surface area contributed by atoms with Crippen molar-refractivity contribution in [2.24, 2.45) is 0 Å². The van der Waals surface area contributed by atoms with Crippen LogP contribution in [0, 0.1) is 0 Å². The Bertz CT molecular complexity index is 536. The molecule has 0 aliphatic heterocycles. The minimum absolute atomic E-state index is 0.225. The summed E-state index contributed by atoms with van der Waals surface area (Å²) in [6.45, 7) is 1.23. The summed E-state index contributed by atoms with van der Waals surface area (Å²) < 4.78 is 9.29. The zero-order valence-electron chi connectivity index (χ0n) is 11.2. The molecule has 0 saturated heterocycles. The van der Waals surface area contributed by atoms with Crippen molar-refractivity contribution in [3.05, 3.63) is 42.0 Å². The molecule has 20 heavy (non-hydrogen) atoms. The number of para-hydroxylation sites is 1. The van der Waals surface area contributed by atoms with Crippen LogP contribution < -0.4 is 5.32 Å². The third kappa shape index (κ3) is 4.56. The summed E-state index contributed by atoms with van der Waals surface area (Å²) in [6, 6.07) is 6.38. The maximum atomic E-state index is 11.6. The monoisotopic (exact) mass is 277 g/mol. The lowest BCUT2D eigenvalue weighted by molar-refractivity contribution is -0.142. The van der Waals surface area contributed by atoms with Gasteiger partial charge >= 0.3 is 11.9 Å². The molecule has 0 atom stereocenters. The van der Waals surface area contributed by atoms with Gasteiger partial charge in [0, 0.05) is 6.08 Å². The number of ether oxygens (including phenoxy) is 2. The number of esters is 2. The first-order valence-corrected chi connectivity index (χ1v) is 5.85. The smallest absolute Gasteiger partial charge is 0.339 e. The quantitative estimate of drug-likeness (QED) is 0.652. The Kier molecular flexibility index (Phi) is 5.96. The fourth-order valence-corrected chi connectivity index (χ4v) is 1.39. The van der Waals surface area contributed by atoms with Gasteiger partial charge in [-0.15, -0.1) is 0 Å². The fraction of sp³-hybridized carbons (Fsp3) is 0.214. The number of anilines is 1. The van der Waals surface area contributed by atoms with Gasteiger partial charge < -0.3 is 14.8 Å². The fourth-order valence-electron chi connectivity index (χ4n) is 1.39. The predicted molar refractivity (Wildman–Crippen MR) is 72.2 cm³/mol. The van der Waals surface area contributed by atoms with Crippen LogP contribution in [-0.2, 0) is 19.1 Å². The molecular formula is C14H15NO5. The van der Waals surface area contributed by atoms with E-state index in [2.05, 4.69) is 14.8 Å². The van der Waals surface area contributed by atoms with Crippen molar-refractivity contribution in [3.63, 3.8) is 0 Å². The lowest BCUT2D eigenvalue weighted by Crippen LogP contribution is -2.21. The number of amides is 1. The first-order valence-electron chi connectivity index (χ1n) is 5.85. The molecule has 0 heterocycles. The van der Waals surface area contributed by atoms with Crippen molar-refractivity contribution in [3.8, 4) is 0 Å². The first kappa shape index (κ1) is 15.4. The van der Waals surface area contributed by atoms with Crippen LogP contribution in [0.3, 0.4) is 0 Å². The van der Waals surface area contributed by atoms with Crippen LogP contribution in [0.15, 0.2) is 36.4 Å². The Morgan fingerprint density at radius 3 is 2.60 bits per heavy atom. The van der Waals surface area contributed by atoms with Crippen LogP contribution >= 0.6 is 0 Å². The zero-order chi connectivity index (χ0) is 15.0. The van der Waals surface area contributed by atoms with Crippen molar-refractivity contribution in [1.29, 1.82) is 0 Å². The lowest BCUT2D eigenvalue weighted by Gasteiger charge is -2.09. The van der Waals surface area contributed by atoms with Gasteiger partial charge in [-0.1, -0.05) is 18.2 Å². The average Bonchev–Trinajstić information content (AvgIpc) is 2.45. The van der Waals surface area contributed by atoms with Crippen LogP contribution in [-0.4, -0.2) is 31.6 Å². The second kappa shape index (κ2) is 7.73. The van der Waals surface area contributed by atoms with E-state index in [0.29, 0.717) is 5.69 Å². The SMILES string of the molecule is C/C=C/C(=O)OCC(=O)Nc1ccccc1C(=O)OC. The van der Waals surface area contributed by atoms with E-state index in [1.54, 1.807) is 25.1 Å². The van der Waals surface area contributed by atoms with E-state index in [1.165, 1.54) is 25.3 Å². The topological polar surface area (TPSA) is 81.7 Å². The van der Waals surface area contributed by atoms with Crippen molar-refractivity contribution in [2.45, 2.75) is 6.92 Å². The number of methoxy groups -OCH3 is 1. The van der Waals surface area contributed by atoms with Crippen LogP contribution in [0.5, 0.6) is 0 Å². The molecule has 106 valence electrons. The summed E-state index contributed by atoms with van der Waals surface area (Å²) in [5.74, 6) is -1.71. The lowest BCUT2D eigenvalue weighted by atomic mass is 10.2.